The number of carbonyl (C=O) groups excluding carboxylic acids is 3. The second-order valence-corrected chi connectivity index (χ2v) is 10.5. The van der Waals surface area contributed by atoms with E-state index < -0.39 is 60.2 Å². The number of hydrogen-bond donors (Lipinski definition) is 8. The van der Waals surface area contributed by atoms with Gasteiger partial charge < -0.3 is 41.9 Å². The maximum Gasteiger partial charge on any atom is 0.326 e. The zero-order chi connectivity index (χ0) is 30.8. The highest BCUT2D eigenvalue weighted by Gasteiger charge is 2.31. The van der Waals surface area contributed by atoms with E-state index in [2.05, 4.69) is 30.9 Å². The van der Waals surface area contributed by atoms with Crippen LogP contribution in [0.3, 0.4) is 0 Å². The predicted molar refractivity (Wildman–Crippen MR) is 152 cm³/mol. The first-order valence-electron chi connectivity index (χ1n) is 13.6. The summed E-state index contributed by atoms with van der Waals surface area (Å²) in [5.41, 5.74) is 7.97. The van der Waals surface area contributed by atoms with E-state index in [-0.39, 0.29) is 25.2 Å². The molecule has 4 unspecified atom stereocenters. The number of nitrogens with zero attached hydrogens (tertiary/aromatic N) is 1. The SMILES string of the molecule is CC(C)CC(N)C(=O)NC(Cc1cnc[nH]1)C(=O)NC(CCC(=O)O)C(=O)NC(Cc1c[nH]c2ccccc12)C(=O)O. The van der Waals surface area contributed by atoms with E-state index in [4.69, 9.17) is 5.73 Å². The highest BCUT2D eigenvalue weighted by Crippen LogP contribution is 2.19. The van der Waals surface area contributed by atoms with Crippen LogP contribution < -0.4 is 21.7 Å². The van der Waals surface area contributed by atoms with Gasteiger partial charge in [0.1, 0.15) is 18.1 Å². The molecule has 0 radical (unpaired) electrons. The molecule has 0 aliphatic heterocycles. The van der Waals surface area contributed by atoms with Crippen LogP contribution in [0.2, 0.25) is 0 Å². The van der Waals surface area contributed by atoms with E-state index in [1.165, 1.54) is 12.5 Å². The Labute approximate surface area is 241 Å². The van der Waals surface area contributed by atoms with Crippen LogP contribution in [0, 0.1) is 5.92 Å². The topological polar surface area (TPSA) is 232 Å². The van der Waals surface area contributed by atoms with E-state index in [1.54, 1.807) is 12.3 Å². The number of hydrogen-bond acceptors (Lipinski definition) is 7. The Hall–Kier alpha value is -4.72. The molecule has 42 heavy (non-hydrogen) atoms. The first-order valence-corrected chi connectivity index (χ1v) is 13.6. The average molecular weight is 584 g/mol. The van der Waals surface area contributed by atoms with E-state index in [0.29, 0.717) is 17.7 Å². The van der Waals surface area contributed by atoms with Crippen LogP contribution in [0.25, 0.3) is 10.9 Å². The minimum Gasteiger partial charge on any atom is -0.481 e. The van der Waals surface area contributed by atoms with Gasteiger partial charge in [0, 0.05) is 48.3 Å². The van der Waals surface area contributed by atoms with Crippen LogP contribution in [0.1, 0.15) is 44.4 Å². The molecule has 1 aromatic carbocycles. The summed E-state index contributed by atoms with van der Waals surface area (Å²) in [5.74, 6) is -4.61. The summed E-state index contributed by atoms with van der Waals surface area (Å²) in [6.07, 6.45) is 4.04. The van der Waals surface area contributed by atoms with Crippen molar-refractivity contribution < 1.29 is 34.2 Å². The molecule has 2 aromatic heterocycles. The maximum atomic E-state index is 13.4. The highest BCUT2D eigenvalue weighted by atomic mass is 16.4. The molecule has 0 aliphatic rings. The van der Waals surface area contributed by atoms with Gasteiger partial charge in [0.2, 0.25) is 17.7 Å². The molecule has 0 bridgehead atoms. The summed E-state index contributed by atoms with van der Waals surface area (Å²) in [6, 6.07) is 2.46. The van der Waals surface area contributed by atoms with Gasteiger partial charge in [0.25, 0.3) is 0 Å². The summed E-state index contributed by atoms with van der Waals surface area (Å²) in [5, 5.41) is 27.4. The summed E-state index contributed by atoms with van der Waals surface area (Å²) >= 11 is 0. The van der Waals surface area contributed by atoms with Crippen LogP contribution in [0.15, 0.2) is 43.0 Å². The molecular weight excluding hydrogens is 546 g/mol. The lowest BCUT2D eigenvalue weighted by Crippen LogP contribution is -2.58. The van der Waals surface area contributed by atoms with Gasteiger partial charge in [-0.25, -0.2) is 9.78 Å². The summed E-state index contributed by atoms with van der Waals surface area (Å²) in [6.45, 7) is 3.80. The minimum absolute atomic E-state index is 0.0163. The van der Waals surface area contributed by atoms with Gasteiger partial charge in [-0.1, -0.05) is 32.0 Å². The number of carboxylic acids is 2. The number of para-hydroxylation sites is 1. The zero-order valence-electron chi connectivity index (χ0n) is 23.4. The Bertz CT molecular complexity index is 1390. The number of nitrogens with one attached hydrogen (secondary N) is 5. The molecule has 14 nitrogen and oxygen atoms in total. The first kappa shape index (κ1) is 31.8. The predicted octanol–water partition coefficient (Wildman–Crippen LogP) is 0.453. The van der Waals surface area contributed by atoms with Crippen LogP contribution in [-0.4, -0.2) is 79.0 Å². The highest BCUT2D eigenvalue weighted by molar-refractivity contribution is 5.94. The second-order valence-electron chi connectivity index (χ2n) is 10.5. The number of benzene rings is 1. The maximum absolute atomic E-state index is 13.4. The molecule has 0 spiro atoms. The number of nitrogens with two attached hydrogens (primary N) is 1. The third-order valence-electron chi connectivity index (χ3n) is 6.67. The Morgan fingerprint density at radius 3 is 2.21 bits per heavy atom. The number of carboxylic acid groups (broad SMARTS) is 2. The van der Waals surface area contributed by atoms with Crippen molar-refractivity contribution in [2.75, 3.05) is 0 Å². The first-order chi connectivity index (χ1) is 19.9. The third kappa shape index (κ3) is 9.16. The van der Waals surface area contributed by atoms with Gasteiger partial charge in [-0.2, -0.15) is 0 Å². The van der Waals surface area contributed by atoms with Gasteiger partial charge in [0.15, 0.2) is 0 Å². The Morgan fingerprint density at radius 1 is 0.905 bits per heavy atom. The molecule has 2 heterocycles. The molecule has 3 rings (SSSR count). The molecular formula is C28H37N7O7. The van der Waals surface area contributed by atoms with Crippen molar-refractivity contribution in [3.8, 4) is 0 Å². The number of aromatic amines is 2. The minimum atomic E-state index is -1.40. The largest absolute Gasteiger partial charge is 0.481 e. The van der Waals surface area contributed by atoms with E-state index in [1.807, 2.05) is 32.0 Å². The number of carbonyl (C=O) groups is 5. The monoisotopic (exact) mass is 583 g/mol. The van der Waals surface area contributed by atoms with Crippen LogP contribution >= 0.6 is 0 Å². The molecule has 4 atom stereocenters. The van der Waals surface area contributed by atoms with Crippen molar-refractivity contribution in [1.82, 2.24) is 30.9 Å². The van der Waals surface area contributed by atoms with Crippen LogP contribution in [-0.2, 0) is 36.8 Å². The van der Waals surface area contributed by atoms with Gasteiger partial charge in [-0.05, 0) is 30.4 Å². The van der Waals surface area contributed by atoms with Crippen molar-refractivity contribution in [3.05, 3.63) is 54.2 Å². The quantitative estimate of drug-likeness (QED) is 0.117. The molecule has 0 saturated carbocycles. The van der Waals surface area contributed by atoms with Gasteiger partial charge >= 0.3 is 11.9 Å². The smallest absolute Gasteiger partial charge is 0.326 e. The van der Waals surface area contributed by atoms with Crippen molar-refractivity contribution in [1.29, 1.82) is 0 Å². The van der Waals surface area contributed by atoms with E-state index >= 15 is 0 Å². The number of aliphatic carboxylic acids is 2. The number of imidazole rings is 1. The molecule has 0 saturated heterocycles. The zero-order valence-corrected chi connectivity index (χ0v) is 23.4. The molecule has 14 heteroatoms. The Balaban J connectivity index is 1.77. The molecule has 3 amide bonds. The average Bonchev–Trinajstić information content (AvgIpc) is 3.59. The number of rotatable bonds is 16. The van der Waals surface area contributed by atoms with Crippen LogP contribution in [0.4, 0.5) is 0 Å². The van der Waals surface area contributed by atoms with Crippen molar-refractivity contribution in [2.24, 2.45) is 11.7 Å². The van der Waals surface area contributed by atoms with E-state index in [9.17, 15) is 34.2 Å². The Morgan fingerprint density at radius 2 is 1.57 bits per heavy atom. The van der Waals surface area contributed by atoms with Crippen molar-refractivity contribution >= 4 is 40.6 Å². The summed E-state index contributed by atoms with van der Waals surface area (Å²) in [7, 11) is 0. The lowest BCUT2D eigenvalue weighted by Gasteiger charge is -2.25. The fourth-order valence-electron chi connectivity index (χ4n) is 4.52. The standard InChI is InChI=1S/C28H37N7O7/c1-15(2)9-19(29)25(38)34-22(11-17-13-30-14-32-17)27(40)33-21(7-8-24(36)37)26(39)35-23(28(41)42)10-16-12-31-20-6-4-3-5-18(16)20/h3-6,12-15,19,21-23,31H,7-11,29H2,1-2H3,(H,30,32)(H,33,40)(H,34,38)(H,35,39)(H,36,37)(H,41,42). The number of fused-ring (bicyclic) bond motifs is 1. The fourth-order valence-corrected chi connectivity index (χ4v) is 4.52. The molecule has 0 fully saturated rings. The molecule has 9 N–H and O–H groups in total. The summed E-state index contributed by atoms with van der Waals surface area (Å²) in [4.78, 5) is 72.6. The summed E-state index contributed by atoms with van der Waals surface area (Å²) < 4.78 is 0. The van der Waals surface area contributed by atoms with Gasteiger partial charge in [-0.15, -0.1) is 0 Å². The normalized spacial score (nSPS) is 14.1. The number of H-pyrrole nitrogens is 2. The van der Waals surface area contributed by atoms with Crippen molar-refractivity contribution in [3.63, 3.8) is 0 Å². The lowest BCUT2D eigenvalue weighted by atomic mass is 10.0. The number of aromatic nitrogens is 3. The second kappa shape index (κ2) is 14.8. The Kier molecular flexibility index (Phi) is 11.2. The van der Waals surface area contributed by atoms with Gasteiger partial charge in [0.05, 0.1) is 12.4 Å². The van der Waals surface area contributed by atoms with E-state index in [0.717, 1.165) is 10.9 Å². The van der Waals surface area contributed by atoms with Gasteiger partial charge in [-0.3, -0.25) is 19.2 Å². The molecule has 3 aromatic rings. The fraction of sp³-hybridized carbons (Fsp3) is 0.429. The molecule has 0 aliphatic carbocycles. The third-order valence-corrected chi connectivity index (χ3v) is 6.67. The van der Waals surface area contributed by atoms with Crippen LogP contribution in [0.5, 0.6) is 0 Å². The molecule has 226 valence electrons. The van der Waals surface area contributed by atoms with Crippen molar-refractivity contribution in [2.45, 2.75) is 70.1 Å². The number of amides is 3. The lowest BCUT2D eigenvalue weighted by molar-refractivity contribution is -0.143.